The number of tetrazole rings is 1. The number of nitrogens with one attached hydrogen (secondary N) is 3. The van der Waals surface area contributed by atoms with E-state index in [9.17, 15) is 41.8 Å². The fourth-order valence-electron chi connectivity index (χ4n) is 4.78. The van der Waals surface area contributed by atoms with E-state index in [2.05, 4.69) is 31.5 Å². The van der Waals surface area contributed by atoms with E-state index < -0.39 is 102 Å². The van der Waals surface area contributed by atoms with Crippen LogP contribution in [-0.4, -0.2) is 85.6 Å². The largest absolute Gasteiger partial charge is 0.485 e. The number of rotatable bonds is 17. The maximum absolute atomic E-state index is 14.2. The first-order valence-electron chi connectivity index (χ1n) is 16.5. The number of nitrogens with zero attached hydrogens (tertiary/aromatic N) is 4. The zero-order valence-corrected chi connectivity index (χ0v) is 30.0. The molecule has 0 aliphatic rings. The van der Waals surface area contributed by atoms with E-state index in [-0.39, 0.29) is 25.5 Å². The number of aryl methyl sites for hydroxylation is 2. The van der Waals surface area contributed by atoms with Crippen molar-refractivity contribution in [2.24, 2.45) is 13.0 Å². The van der Waals surface area contributed by atoms with Gasteiger partial charge in [-0.2, -0.15) is 8.78 Å². The van der Waals surface area contributed by atoms with Gasteiger partial charge in [0.2, 0.25) is 23.4 Å². The Labute approximate surface area is 302 Å². The third-order valence-corrected chi connectivity index (χ3v) is 7.50. The molecule has 0 aliphatic heterocycles. The topological polar surface area (TPSA) is 196 Å². The second-order valence-corrected chi connectivity index (χ2v) is 13.3. The highest BCUT2D eigenvalue weighted by molar-refractivity contribution is 5.91. The Bertz CT molecular complexity index is 1700. The Morgan fingerprint density at radius 1 is 0.943 bits per heavy atom. The number of carbonyl (C=O) groups excluding carboxylic acids is 4. The molecule has 1 unspecified atom stereocenters. The molecule has 0 aliphatic carbocycles. The van der Waals surface area contributed by atoms with Gasteiger partial charge in [0, 0.05) is 19.5 Å². The molecule has 0 radical (unpaired) electrons. The molecule has 0 saturated heterocycles. The summed E-state index contributed by atoms with van der Waals surface area (Å²) in [5.41, 5.74) is -0.296. The Balaban J connectivity index is 1.79. The van der Waals surface area contributed by atoms with Gasteiger partial charge in [0.05, 0.1) is 12.5 Å². The summed E-state index contributed by atoms with van der Waals surface area (Å²) in [5.74, 6) is -11.6. The average molecular weight is 754 g/mol. The lowest BCUT2D eigenvalue weighted by atomic mass is 10.00. The molecule has 3 aromatic rings. The van der Waals surface area contributed by atoms with Crippen LogP contribution in [0, 0.1) is 29.2 Å². The van der Waals surface area contributed by atoms with Crippen molar-refractivity contribution >= 4 is 23.9 Å². The van der Waals surface area contributed by atoms with Gasteiger partial charge >= 0.3 is 12.1 Å². The monoisotopic (exact) mass is 753 g/mol. The molecule has 4 N–H and O–H groups in total. The quantitative estimate of drug-likeness (QED) is 0.0900. The standard InChI is InChI=1S/C34H43F4N7O8/c1-18(2)29(41-31(48)22(12-13-25-42-43-44-45(25)6)40-33(50)52-16-19-10-8-7-9-11-19)32(49)39-23(15-26(47)53-34(3,4)5)24(46)17-51-30-27(37)20(35)14-21(36)28(30)38/h7-11,14,18,22-24,29,46H,12-13,15-17H2,1-6H3,(H,39,49)(H,40,50)(H,41,48)/t22-,23-,24?,29-/m0/s1. The first-order valence-corrected chi connectivity index (χ1v) is 16.5. The Morgan fingerprint density at radius 2 is 1.58 bits per heavy atom. The van der Waals surface area contributed by atoms with Crippen molar-refractivity contribution in [3.63, 3.8) is 0 Å². The normalized spacial score (nSPS) is 13.7. The van der Waals surface area contributed by atoms with E-state index in [1.807, 2.05) is 0 Å². The zero-order valence-electron chi connectivity index (χ0n) is 30.0. The minimum atomic E-state index is -1.91. The van der Waals surface area contributed by atoms with Crippen LogP contribution < -0.4 is 20.7 Å². The van der Waals surface area contributed by atoms with Crippen molar-refractivity contribution in [2.75, 3.05) is 6.61 Å². The average Bonchev–Trinajstić information content (AvgIpc) is 3.50. The third-order valence-electron chi connectivity index (χ3n) is 7.50. The molecular weight excluding hydrogens is 710 g/mol. The van der Waals surface area contributed by atoms with Gasteiger partial charge in [-0.1, -0.05) is 44.2 Å². The van der Waals surface area contributed by atoms with Crippen molar-refractivity contribution in [1.29, 1.82) is 0 Å². The first kappa shape index (κ1) is 42.1. The number of halogens is 4. The van der Waals surface area contributed by atoms with E-state index in [0.717, 1.165) is 0 Å². The Kier molecular flexibility index (Phi) is 15.0. The summed E-state index contributed by atoms with van der Waals surface area (Å²) in [6.07, 6.45) is -3.44. The predicted octanol–water partition coefficient (Wildman–Crippen LogP) is 2.79. The van der Waals surface area contributed by atoms with Crippen LogP contribution in [0.3, 0.4) is 0 Å². The number of carbonyl (C=O) groups is 4. The number of benzene rings is 2. The molecule has 3 amide bonds. The molecule has 15 nitrogen and oxygen atoms in total. The van der Waals surface area contributed by atoms with Gasteiger partial charge in [0.15, 0.2) is 23.2 Å². The highest BCUT2D eigenvalue weighted by Gasteiger charge is 2.34. The SMILES string of the molecule is CC(C)[C@H](NC(=O)[C@H](CCc1nnnn1C)NC(=O)OCc1ccccc1)C(=O)N[C@@H](CC(=O)OC(C)(C)C)C(O)COc1c(F)c(F)cc(F)c1F. The molecule has 2 aromatic carbocycles. The summed E-state index contributed by atoms with van der Waals surface area (Å²) in [6.45, 7) is 6.72. The van der Waals surface area contributed by atoms with Crippen LogP contribution >= 0.6 is 0 Å². The van der Waals surface area contributed by atoms with Crippen molar-refractivity contribution in [2.45, 2.75) is 90.3 Å². The van der Waals surface area contributed by atoms with Gasteiger partial charge < -0.3 is 35.3 Å². The third kappa shape index (κ3) is 13.0. The van der Waals surface area contributed by atoms with Crippen LogP contribution in [0.4, 0.5) is 22.4 Å². The van der Waals surface area contributed by atoms with Crippen LogP contribution in [0.5, 0.6) is 5.75 Å². The molecule has 53 heavy (non-hydrogen) atoms. The summed E-state index contributed by atoms with van der Waals surface area (Å²) in [6, 6.07) is 4.58. The summed E-state index contributed by atoms with van der Waals surface area (Å²) < 4.78 is 72.7. The maximum atomic E-state index is 14.2. The second-order valence-electron chi connectivity index (χ2n) is 13.3. The van der Waals surface area contributed by atoms with Crippen molar-refractivity contribution in [1.82, 2.24) is 36.2 Å². The summed E-state index contributed by atoms with van der Waals surface area (Å²) >= 11 is 0. The van der Waals surface area contributed by atoms with E-state index in [4.69, 9.17) is 14.2 Å². The Hall–Kier alpha value is -5.33. The van der Waals surface area contributed by atoms with Gasteiger partial charge in [-0.25, -0.2) is 18.3 Å². The molecule has 3 rings (SSSR count). The smallest absolute Gasteiger partial charge is 0.408 e. The van der Waals surface area contributed by atoms with Crippen molar-refractivity contribution < 1.29 is 56.1 Å². The van der Waals surface area contributed by atoms with Gasteiger partial charge in [0.25, 0.3) is 0 Å². The minimum absolute atomic E-state index is 0.0272. The summed E-state index contributed by atoms with van der Waals surface area (Å²) in [7, 11) is 1.58. The number of aromatic nitrogens is 4. The molecular formula is C34H43F4N7O8. The molecule has 19 heteroatoms. The van der Waals surface area contributed by atoms with Crippen LogP contribution in [-0.2, 0) is 43.9 Å². The van der Waals surface area contributed by atoms with Gasteiger partial charge in [-0.15, -0.1) is 5.10 Å². The summed E-state index contributed by atoms with van der Waals surface area (Å²) in [5, 5.41) is 29.6. The number of aliphatic hydroxyl groups is 1. The number of hydrogen-bond donors (Lipinski definition) is 4. The zero-order chi connectivity index (χ0) is 39.5. The Morgan fingerprint density at radius 3 is 2.15 bits per heavy atom. The maximum Gasteiger partial charge on any atom is 0.408 e. The fourth-order valence-corrected chi connectivity index (χ4v) is 4.78. The molecule has 0 saturated carbocycles. The van der Waals surface area contributed by atoms with E-state index >= 15 is 0 Å². The van der Waals surface area contributed by atoms with E-state index in [0.29, 0.717) is 11.4 Å². The van der Waals surface area contributed by atoms with Crippen molar-refractivity contribution in [3.05, 3.63) is 71.1 Å². The minimum Gasteiger partial charge on any atom is -0.485 e. The van der Waals surface area contributed by atoms with Gasteiger partial charge in [-0.3, -0.25) is 14.4 Å². The molecule has 290 valence electrons. The molecule has 0 fully saturated rings. The number of alkyl carbamates (subject to hydrolysis) is 1. The number of hydrogen-bond acceptors (Lipinski definition) is 11. The highest BCUT2D eigenvalue weighted by Crippen LogP contribution is 2.27. The van der Waals surface area contributed by atoms with Gasteiger partial charge in [0.1, 0.15) is 37.0 Å². The lowest BCUT2D eigenvalue weighted by molar-refractivity contribution is -0.156. The number of amides is 3. The lowest BCUT2D eigenvalue weighted by Crippen LogP contribution is -2.58. The number of ether oxygens (including phenoxy) is 3. The predicted molar refractivity (Wildman–Crippen MR) is 178 cm³/mol. The van der Waals surface area contributed by atoms with Gasteiger partial charge in [-0.05, 0) is 49.1 Å². The lowest BCUT2D eigenvalue weighted by Gasteiger charge is -2.30. The van der Waals surface area contributed by atoms with Crippen LogP contribution in [0.2, 0.25) is 0 Å². The van der Waals surface area contributed by atoms with Crippen molar-refractivity contribution in [3.8, 4) is 5.75 Å². The molecule has 0 spiro atoms. The number of aliphatic hydroxyl groups excluding tert-OH is 1. The molecule has 0 bridgehead atoms. The van der Waals surface area contributed by atoms with Crippen LogP contribution in [0.1, 0.15) is 58.8 Å². The summed E-state index contributed by atoms with van der Waals surface area (Å²) in [4.78, 5) is 52.9. The highest BCUT2D eigenvalue weighted by atomic mass is 19.2. The fraction of sp³-hybridized carbons (Fsp3) is 0.500. The molecule has 4 atom stereocenters. The van der Waals surface area contributed by atoms with Crippen LogP contribution in [0.25, 0.3) is 0 Å². The van der Waals surface area contributed by atoms with E-state index in [1.54, 1.807) is 72.0 Å². The van der Waals surface area contributed by atoms with Crippen LogP contribution in [0.15, 0.2) is 36.4 Å². The van der Waals surface area contributed by atoms with E-state index in [1.165, 1.54) is 4.68 Å². The second kappa shape index (κ2) is 19.0. The molecule has 1 heterocycles. The molecule has 1 aromatic heterocycles. The number of esters is 1. The first-order chi connectivity index (χ1) is 24.9.